The van der Waals surface area contributed by atoms with Gasteiger partial charge in [-0.25, -0.2) is 4.79 Å². The molecule has 1 N–H and O–H groups in total. The van der Waals surface area contributed by atoms with E-state index in [9.17, 15) is 19.7 Å². The van der Waals surface area contributed by atoms with Gasteiger partial charge in [-0.2, -0.15) is 0 Å². The van der Waals surface area contributed by atoms with Crippen LogP contribution in [0.1, 0.15) is 28.5 Å². The molecule has 0 saturated heterocycles. The van der Waals surface area contributed by atoms with Gasteiger partial charge in [-0.3, -0.25) is 19.9 Å². The van der Waals surface area contributed by atoms with E-state index in [2.05, 4.69) is 10.3 Å². The standard InChI is InChI=1S/C21H19N3O5/c1-12-4-9-19-15(10-12)11-18(13(2)22-19)21(26)29-14(3)20(25)23-16-5-7-17(8-6-16)24(27)28/h4-11,14H,1-3H3,(H,23,25). The molecule has 8 heteroatoms. The summed E-state index contributed by atoms with van der Waals surface area (Å²) in [6.45, 7) is 5.10. The summed E-state index contributed by atoms with van der Waals surface area (Å²) in [5.41, 5.74) is 2.89. The number of carbonyl (C=O) groups excluding carboxylic acids is 2. The topological polar surface area (TPSA) is 111 Å². The van der Waals surface area contributed by atoms with Gasteiger partial charge in [0.15, 0.2) is 6.10 Å². The number of nitrogens with zero attached hydrogens (tertiary/aromatic N) is 2. The Kier molecular flexibility index (Phi) is 5.54. The molecule has 148 valence electrons. The van der Waals surface area contributed by atoms with Gasteiger partial charge in [-0.05, 0) is 51.1 Å². The number of benzene rings is 2. The molecule has 1 unspecified atom stereocenters. The second-order valence-electron chi connectivity index (χ2n) is 6.66. The number of esters is 1. The fourth-order valence-electron chi connectivity index (χ4n) is 2.79. The van der Waals surface area contributed by atoms with Gasteiger partial charge in [0.25, 0.3) is 11.6 Å². The van der Waals surface area contributed by atoms with Gasteiger partial charge in [-0.1, -0.05) is 11.6 Å². The minimum atomic E-state index is -1.06. The average molecular weight is 393 g/mol. The van der Waals surface area contributed by atoms with Crippen molar-refractivity contribution in [3.05, 3.63) is 75.5 Å². The number of amides is 1. The van der Waals surface area contributed by atoms with Gasteiger partial charge in [0.05, 0.1) is 21.7 Å². The van der Waals surface area contributed by atoms with E-state index in [0.29, 0.717) is 11.4 Å². The number of hydrogen-bond donors (Lipinski definition) is 1. The number of aromatic nitrogens is 1. The maximum Gasteiger partial charge on any atom is 0.340 e. The molecule has 1 amide bonds. The van der Waals surface area contributed by atoms with Crippen molar-refractivity contribution in [2.75, 3.05) is 5.32 Å². The van der Waals surface area contributed by atoms with E-state index in [4.69, 9.17) is 4.74 Å². The van der Waals surface area contributed by atoms with Gasteiger partial charge in [-0.15, -0.1) is 0 Å². The van der Waals surface area contributed by atoms with E-state index in [1.54, 1.807) is 13.0 Å². The van der Waals surface area contributed by atoms with Crippen molar-refractivity contribution in [2.24, 2.45) is 0 Å². The second-order valence-corrected chi connectivity index (χ2v) is 6.66. The fourth-order valence-corrected chi connectivity index (χ4v) is 2.79. The number of nitrogens with one attached hydrogen (secondary N) is 1. The minimum Gasteiger partial charge on any atom is -0.449 e. The van der Waals surface area contributed by atoms with Gasteiger partial charge < -0.3 is 10.1 Å². The number of rotatable bonds is 5. The molecular weight excluding hydrogens is 374 g/mol. The molecule has 0 saturated carbocycles. The molecule has 0 bridgehead atoms. The number of non-ortho nitro benzene ring substituents is 1. The Balaban J connectivity index is 1.71. The molecule has 0 aliphatic carbocycles. The molecule has 0 spiro atoms. The van der Waals surface area contributed by atoms with Crippen molar-refractivity contribution in [3.8, 4) is 0 Å². The number of nitro benzene ring substituents is 1. The van der Waals surface area contributed by atoms with Crippen LogP contribution >= 0.6 is 0 Å². The molecule has 0 fully saturated rings. The lowest BCUT2D eigenvalue weighted by Gasteiger charge is -2.14. The number of fused-ring (bicyclic) bond motifs is 1. The monoisotopic (exact) mass is 393 g/mol. The van der Waals surface area contributed by atoms with Gasteiger partial charge in [0.2, 0.25) is 0 Å². The largest absolute Gasteiger partial charge is 0.449 e. The molecule has 1 aromatic heterocycles. The molecule has 1 heterocycles. The van der Waals surface area contributed by atoms with Crippen molar-refractivity contribution in [3.63, 3.8) is 0 Å². The first-order valence-electron chi connectivity index (χ1n) is 8.89. The van der Waals surface area contributed by atoms with Gasteiger partial charge in [0, 0.05) is 23.2 Å². The number of nitro groups is 1. The summed E-state index contributed by atoms with van der Waals surface area (Å²) >= 11 is 0. The first kappa shape index (κ1) is 19.9. The van der Waals surface area contributed by atoms with Crippen LogP contribution in [0.3, 0.4) is 0 Å². The van der Waals surface area contributed by atoms with E-state index in [1.807, 2.05) is 25.1 Å². The lowest BCUT2D eigenvalue weighted by Crippen LogP contribution is -2.30. The highest BCUT2D eigenvalue weighted by Crippen LogP contribution is 2.20. The van der Waals surface area contributed by atoms with E-state index in [0.717, 1.165) is 16.5 Å². The number of anilines is 1. The van der Waals surface area contributed by atoms with E-state index >= 15 is 0 Å². The van der Waals surface area contributed by atoms with E-state index < -0.39 is 22.9 Å². The van der Waals surface area contributed by atoms with Crippen molar-refractivity contribution < 1.29 is 19.2 Å². The third-order valence-electron chi connectivity index (χ3n) is 4.38. The van der Waals surface area contributed by atoms with Crippen LogP contribution in [-0.2, 0) is 9.53 Å². The Hall–Kier alpha value is -3.81. The summed E-state index contributed by atoms with van der Waals surface area (Å²) in [5.74, 6) is -1.20. The maximum atomic E-state index is 12.6. The first-order chi connectivity index (χ1) is 13.7. The number of hydrogen-bond acceptors (Lipinski definition) is 6. The third kappa shape index (κ3) is 4.55. The average Bonchev–Trinajstić information content (AvgIpc) is 2.68. The molecule has 0 aliphatic heterocycles. The second kappa shape index (κ2) is 8.05. The van der Waals surface area contributed by atoms with Crippen LogP contribution in [0.2, 0.25) is 0 Å². The van der Waals surface area contributed by atoms with Crippen LogP contribution in [0.4, 0.5) is 11.4 Å². The van der Waals surface area contributed by atoms with Crippen LogP contribution < -0.4 is 5.32 Å². The van der Waals surface area contributed by atoms with E-state index in [-0.39, 0.29) is 11.3 Å². The Labute approximate surface area is 166 Å². The summed E-state index contributed by atoms with van der Waals surface area (Å²) in [7, 11) is 0. The maximum absolute atomic E-state index is 12.6. The molecule has 3 aromatic rings. The highest BCUT2D eigenvalue weighted by Gasteiger charge is 2.21. The summed E-state index contributed by atoms with van der Waals surface area (Å²) < 4.78 is 5.29. The van der Waals surface area contributed by atoms with Crippen LogP contribution in [0.15, 0.2) is 48.5 Å². The van der Waals surface area contributed by atoms with Crippen molar-refractivity contribution in [2.45, 2.75) is 26.9 Å². The van der Waals surface area contributed by atoms with Crippen molar-refractivity contribution in [1.29, 1.82) is 0 Å². The summed E-state index contributed by atoms with van der Waals surface area (Å²) in [6, 6.07) is 12.8. The highest BCUT2D eigenvalue weighted by molar-refractivity contribution is 5.99. The molecule has 3 rings (SSSR count). The number of ether oxygens (including phenoxy) is 1. The zero-order valence-corrected chi connectivity index (χ0v) is 16.1. The Morgan fingerprint density at radius 1 is 1.10 bits per heavy atom. The van der Waals surface area contributed by atoms with Crippen molar-refractivity contribution in [1.82, 2.24) is 4.98 Å². The molecule has 2 aromatic carbocycles. The minimum absolute atomic E-state index is 0.0861. The Morgan fingerprint density at radius 2 is 1.79 bits per heavy atom. The Morgan fingerprint density at radius 3 is 2.45 bits per heavy atom. The lowest BCUT2D eigenvalue weighted by atomic mass is 10.1. The SMILES string of the molecule is Cc1ccc2nc(C)c(C(=O)OC(C)C(=O)Nc3ccc([N+](=O)[O-])cc3)cc2c1. The fraction of sp³-hybridized carbons (Fsp3) is 0.190. The quantitative estimate of drug-likeness (QED) is 0.399. The molecule has 1 atom stereocenters. The van der Waals surface area contributed by atoms with Crippen LogP contribution in [0.5, 0.6) is 0 Å². The highest BCUT2D eigenvalue weighted by atomic mass is 16.6. The van der Waals surface area contributed by atoms with Gasteiger partial charge in [0.1, 0.15) is 0 Å². The first-order valence-corrected chi connectivity index (χ1v) is 8.89. The molecule has 29 heavy (non-hydrogen) atoms. The van der Waals surface area contributed by atoms with Crippen molar-refractivity contribution >= 4 is 34.2 Å². The zero-order chi connectivity index (χ0) is 21.1. The Bertz CT molecular complexity index is 1110. The number of carbonyl (C=O) groups is 2. The van der Waals surface area contributed by atoms with Crippen LogP contribution in [-0.4, -0.2) is 27.9 Å². The van der Waals surface area contributed by atoms with Crippen LogP contribution in [0, 0.1) is 24.0 Å². The molecule has 0 aliphatic rings. The predicted octanol–water partition coefficient (Wildman–Crippen LogP) is 3.94. The summed E-state index contributed by atoms with van der Waals surface area (Å²) in [4.78, 5) is 39.4. The molecule has 0 radical (unpaired) electrons. The predicted molar refractivity (Wildman–Crippen MR) is 108 cm³/mol. The van der Waals surface area contributed by atoms with Gasteiger partial charge >= 0.3 is 5.97 Å². The third-order valence-corrected chi connectivity index (χ3v) is 4.38. The zero-order valence-electron chi connectivity index (χ0n) is 16.1. The summed E-state index contributed by atoms with van der Waals surface area (Å²) in [6.07, 6.45) is -1.06. The molecular formula is C21H19N3O5. The lowest BCUT2D eigenvalue weighted by molar-refractivity contribution is -0.384. The smallest absolute Gasteiger partial charge is 0.340 e. The number of pyridine rings is 1. The van der Waals surface area contributed by atoms with E-state index in [1.165, 1.54) is 31.2 Å². The van der Waals surface area contributed by atoms with Crippen LogP contribution in [0.25, 0.3) is 10.9 Å². The molecule has 8 nitrogen and oxygen atoms in total. The normalized spacial score (nSPS) is 11.7. The number of aryl methyl sites for hydroxylation is 2. The summed E-state index contributed by atoms with van der Waals surface area (Å²) in [5, 5.41) is 14.1.